The maximum atomic E-state index is 12.5. The molecular formula is C21H22N4O2. The fourth-order valence-electron chi connectivity index (χ4n) is 3.55. The molecule has 6 nitrogen and oxygen atoms in total. The number of carbonyl (C=O) groups excluding carboxylic acids is 1. The van der Waals surface area contributed by atoms with E-state index in [9.17, 15) is 4.79 Å². The van der Waals surface area contributed by atoms with Crippen molar-refractivity contribution < 1.29 is 9.53 Å². The second kappa shape index (κ2) is 7.61. The molecule has 2 aromatic carbocycles. The van der Waals surface area contributed by atoms with Crippen molar-refractivity contribution in [2.24, 2.45) is 0 Å². The Hall–Kier alpha value is -3.15. The number of aryl methyl sites for hydroxylation is 1. The van der Waals surface area contributed by atoms with Crippen LogP contribution in [0.1, 0.15) is 17.8 Å². The lowest BCUT2D eigenvalue weighted by Crippen LogP contribution is -2.41. The molecule has 4 rings (SSSR count). The van der Waals surface area contributed by atoms with Crippen LogP contribution in [-0.4, -0.2) is 33.8 Å². The minimum Gasteiger partial charge on any atom is -0.496 e. The molecule has 0 saturated heterocycles. The summed E-state index contributed by atoms with van der Waals surface area (Å²) in [5, 5.41) is 11.8. The molecule has 1 aliphatic heterocycles. The number of fused-ring (bicyclic) bond motifs is 1. The fraction of sp³-hybridized carbons (Fsp3) is 0.286. The zero-order chi connectivity index (χ0) is 18.6. The number of hydrogen-bond donors (Lipinski definition) is 1. The second-order valence-corrected chi connectivity index (χ2v) is 6.71. The molecule has 0 aliphatic carbocycles. The van der Waals surface area contributed by atoms with Gasteiger partial charge in [0.25, 0.3) is 0 Å². The van der Waals surface area contributed by atoms with Crippen LogP contribution in [-0.2, 0) is 24.2 Å². The van der Waals surface area contributed by atoms with Crippen molar-refractivity contribution in [3.8, 4) is 17.1 Å². The van der Waals surface area contributed by atoms with Crippen LogP contribution in [0.5, 0.6) is 5.75 Å². The van der Waals surface area contributed by atoms with Crippen LogP contribution in [0, 0.1) is 0 Å². The second-order valence-electron chi connectivity index (χ2n) is 6.71. The standard InChI is InChI=1S/C21H22N4O2/c1-27-18-10-6-5-9-16(18)13-20(26)22-17-11-12-19-23-24-21(25(19)14-17)15-7-3-2-4-8-15/h2-10,17H,11-14H2,1H3,(H,22,26)/t17-/m1/s1. The van der Waals surface area contributed by atoms with Crippen molar-refractivity contribution in [3.63, 3.8) is 0 Å². The van der Waals surface area contributed by atoms with E-state index in [1.165, 1.54) is 0 Å². The molecule has 1 atom stereocenters. The number of methoxy groups -OCH3 is 1. The highest BCUT2D eigenvalue weighted by Crippen LogP contribution is 2.23. The lowest BCUT2D eigenvalue weighted by atomic mass is 10.1. The number of carbonyl (C=O) groups is 1. The average molecular weight is 362 g/mol. The number of benzene rings is 2. The van der Waals surface area contributed by atoms with E-state index < -0.39 is 0 Å². The number of rotatable bonds is 5. The summed E-state index contributed by atoms with van der Waals surface area (Å²) in [7, 11) is 1.62. The Morgan fingerprint density at radius 3 is 2.74 bits per heavy atom. The smallest absolute Gasteiger partial charge is 0.224 e. The van der Waals surface area contributed by atoms with Crippen LogP contribution in [0.25, 0.3) is 11.4 Å². The summed E-state index contributed by atoms with van der Waals surface area (Å²) in [5.41, 5.74) is 1.93. The third-order valence-corrected chi connectivity index (χ3v) is 4.89. The van der Waals surface area contributed by atoms with E-state index in [4.69, 9.17) is 4.74 Å². The predicted molar refractivity (Wildman–Crippen MR) is 102 cm³/mol. The highest BCUT2D eigenvalue weighted by molar-refractivity contribution is 5.79. The van der Waals surface area contributed by atoms with Crippen molar-refractivity contribution >= 4 is 5.91 Å². The van der Waals surface area contributed by atoms with Gasteiger partial charge < -0.3 is 14.6 Å². The normalized spacial score (nSPS) is 15.8. The summed E-state index contributed by atoms with van der Waals surface area (Å²) in [4.78, 5) is 12.5. The average Bonchev–Trinajstić information content (AvgIpc) is 3.12. The van der Waals surface area contributed by atoms with Crippen LogP contribution in [0.4, 0.5) is 0 Å². The maximum absolute atomic E-state index is 12.5. The molecule has 0 saturated carbocycles. The van der Waals surface area contributed by atoms with E-state index in [1.807, 2.05) is 54.6 Å². The van der Waals surface area contributed by atoms with Gasteiger partial charge in [0.1, 0.15) is 11.6 Å². The van der Waals surface area contributed by atoms with Crippen molar-refractivity contribution in [2.75, 3.05) is 7.11 Å². The summed E-state index contributed by atoms with van der Waals surface area (Å²) < 4.78 is 7.45. The SMILES string of the molecule is COc1ccccc1CC(=O)N[C@@H]1CCc2nnc(-c3ccccc3)n2C1. The predicted octanol–water partition coefficient (Wildman–Crippen LogP) is 2.63. The van der Waals surface area contributed by atoms with Gasteiger partial charge in [-0.15, -0.1) is 10.2 Å². The zero-order valence-electron chi connectivity index (χ0n) is 15.3. The van der Waals surface area contributed by atoms with Crippen molar-refractivity contribution in [3.05, 3.63) is 66.0 Å². The van der Waals surface area contributed by atoms with Crippen LogP contribution in [0.2, 0.25) is 0 Å². The Balaban J connectivity index is 1.45. The number of amides is 1. The highest BCUT2D eigenvalue weighted by Gasteiger charge is 2.24. The van der Waals surface area contributed by atoms with E-state index in [0.29, 0.717) is 13.0 Å². The van der Waals surface area contributed by atoms with Gasteiger partial charge in [0.15, 0.2) is 5.82 Å². The minimum atomic E-state index is 0.00212. The third kappa shape index (κ3) is 3.69. The Labute approximate surface area is 158 Å². The highest BCUT2D eigenvalue weighted by atomic mass is 16.5. The van der Waals surface area contributed by atoms with Gasteiger partial charge in [-0.05, 0) is 12.5 Å². The molecule has 138 valence electrons. The summed E-state index contributed by atoms with van der Waals surface area (Å²) >= 11 is 0. The fourth-order valence-corrected chi connectivity index (χ4v) is 3.55. The topological polar surface area (TPSA) is 69.0 Å². The van der Waals surface area contributed by atoms with Gasteiger partial charge in [-0.25, -0.2) is 0 Å². The van der Waals surface area contributed by atoms with Gasteiger partial charge in [0, 0.05) is 30.1 Å². The number of ether oxygens (including phenoxy) is 1. The van der Waals surface area contributed by atoms with Crippen LogP contribution < -0.4 is 10.1 Å². The summed E-state index contributed by atoms with van der Waals surface area (Å²) in [6, 6.07) is 17.7. The van der Waals surface area contributed by atoms with Crippen LogP contribution in [0.3, 0.4) is 0 Å². The zero-order valence-corrected chi connectivity index (χ0v) is 15.3. The lowest BCUT2D eigenvalue weighted by Gasteiger charge is -2.25. The molecule has 0 spiro atoms. The van der Waals surface area contributed by atoms with E-state index >= 15 is 0 Å². The summed E-state index contributed by atoms with van der Waals surface area (Å²) in [6.07, 6.45) is 1.98. The Morgan fingerprint density at radius 2 is 1.93 bits per heavy atom. The molecule has 27 heavy (non-hydrogen) atoms. The van der Waals surface area contributed by atoms with E-state index in [-0.39, 0.29) is 11.9 Å². The lowest BCUT2D eigenvalue weighted by molar-refractivity contribution is -0.121. The molecule has 1 aromatic heterocycles. The quantitative estimate of drug-likeness (QED) is 0.758. The first-order valence-corrected chi connectivity index (χ1v) is 9.13. The molecule has 2 heterocycles. The van der Waals surface area contributed by atoms with Gasteiger partial charge in [-0.3, -0.25) is 4.79 Å². The van der Waals surface area contributed by atoms with E-state index in [2.05, 4.69) is 20.1 Å². The number of aromatic nitrogens is 3. The minimum absolute atomic E-state index is 0.00212. The van der Waals surface area contributed by atoms with E-state index in [1.54, 1.807) is 7.11 Å². The van der Waals surface area contributed by atoms with Crippen LogP contribution >= 0.6 is 0 Å². The summed E-state index contributed by atoms with van der Waals surface area (Å²) in [6.45, 7) is 0.685. The third-order valence-electron chi connectivity index (χ3n) is 4.89. The number of nitrogens with zero attached hydrogens (tertiary/aromatic N) is 3. The Kier molecular flexibility index (Phi) is 4.87. The van der Waals surface area contributed by atoms with Crippen molar-refractivity contribution in [2.45, 2.75) is 31.8 Å². The molecule has 1 amide bonds. The van der Waals surface area contributed by atoms with Gasteiger partial charge >= 0.3 is 0 Å². The molecule has 1 aliphatic rings. The molecule has 0 bridgehead atoms. The van der Waals surface area contributed by atoms with Crippen LogP contribution in [0.15, 0.2) is 54.6 Å². The van der Waals surface area contributed by atoms with Gasteiger partial charge in [-0.2, -0.15) is 0 Å². The number of para-hydroxylation sites is 1. The first kappa shape index (κ1) is 17.3. The largest absolute Gasteiger partial charge is 0.496 e. The number of hydrogen-bond acceptors (Lipinski definition) is 4. The molecule has 0 radical (unpaired) electrons. The maximum Gasteiger partial charge on any atom is 0.224 e. The van der Waals surface area contributed by atoms with Gasteiger partial charge in [-0.1, -0.05) is 48.5 Å². The summed E-state index contributed by atoms with van der Waals surface area (Å²) in [5.74, 6) is 2.57. The first-order chi connectivity index (χ1) is 13.2. The van der Waals surface area contributed by atoms with E-state index in [0.717, 1.165) is 41.4 Å². The molecule has 3 aromatic rings. The molecular weight excluding hydrogens is 340 g/mol. The molecule has 0 unspecified atom stereocenters. The van der Waals surface area contributed by atoms with Gasteiger partial charge in [0.05, 0.1) is 13.5 Å². The Morgan fingerprint density at radius 1 is 1.15 bits per heavy atom. The monoisotopic (exact) mass is 362 g/mol. The molecule has 1 N–H and O–H groups in total. The molecule has 6 heteroatoms. The first-order valence-electron chi connectivity index (χ1n) is 9.13. The van der Waals surface area contributed by atoms with Crippen molar-refractivity contribution in [1.82, 2.24) is 20.1 Å². The number of nitrogens with one attached hydrogen (secondary N) is 1. The van der Waals surface area contributed by atoms with Crippen molar-refractivity contribution in [1.29, 1.82) is 0 Å². The Bertz CT molecular complexity index is 936. The molecule has 0 fully saturated rings. The van der Waals surface area contributed by atoms with Gasteiger partial charge in [0.2, 0.25) is 5.91 Å².